The summed E-state index contributed by atoms with van der Waals surface area (Å²) < 4.78 is 5.19. The van der Waals surface area contributed by atoms with Crippen molar-refractivity contribution in [3.05, 3.63) is 11.8 Å². The first-order chi connectivity index (χ1) is 7.94. The Hall–Kier alpha value is -1.47. The van der Waals surface area contributed by atoms with Crippen molar-refractivity contribution in [2.45, 2.75) is 25.9 Å². The highest BCUT2D eigenvalue weighted by molar-refractivity contribution is 7.80. The van der Waals surface area contributed by atoms with E-state index in [1.165, 1.54) is 13.3 Å². The lowest BCUT2D eigenvalue weighted by Crippen LogP contribution is -2.41. The maximum atomic E-state index is 12.0. The minimum absolute atomic E-state index is 0.171. The summed E-state index contributed by atoms with van der Waals surface area (Å²) in [6.45, 7) is 3.57. The molecule has 1 atom stereocenters. The molecule has 7 heteroatoms. The summed E-state index contributed by atoms with van der Waals surface area (Å²) in [5.41, 5.74) is 5.11. The highest BCUT2D eigenvalue weighted by Gasteiger charge is 2.31. The Morgan fingerprint density at radius 1 is 1.76 bits per heavy atom. The summed E-state index contributed by atoms with van der Waals surface area (Å²) in [5, 5.41) is 9.08. The second-order valence-electron chi connectivity index (χ2n) is 3.77. The number of nitrogens with two attached hydrogens (primary N) is 1. The topological polar surface area (TPSA) is 93.0 Å². The SMILES string of the molecule is CCC(C)(OC)C(=O)Nc1[nH]ncc1C(N)=S. The number of carbonyl (C=O) groups is 1. The Kier molecular flexibility index (Phi) is 4.19. The first kappa shape index (κ1) is 13.6. The van der Waals surface area contributed by atoms with Gasteiger partial charge in [-0.05, 0) is 13.3 Å². The van der Waals surface area contributed by atoms with Gasteiger partial charge in [-0.3, -0.25) is 9.89 Å². The summed E-state index contributed by atoms with van der Waals surface area (Å²) in [5.74, 6) is 0.114. The van der Waals surface area contributed by atoms with Crippen molar-refractivity contribution in [1.29, 1.82) is 0 Å². The van der Waals surface area contributed by atoms with Gasteiger partial charge in [-0.15, -0.1) is 0 Å². The summed E-state index contributed by atoms with van der Waals surface area (Å²) >= 11 is 4.84. The van der Waals surface area contributed by atoms with Crippen LogP contribution in [0.2, 0.25) is 0 Å². The molecule has 0 aromatic carbocycles. The third kappa shape index (κ3) is 2.80. The molecule has 0 aliphatic carbocycles. The van der Waals surface area contributed by atoms with Gasteiger partial charge in [-0.25, -0.2) is 0 Å². The molecule has 4 N–H and O–H groups in total. The lowest BCUT2D eigenvalue weighted by molar-refractivity contribution is -0.136. The number of nitrogens with zero attached hydrogens (tertiary/aromatic N) is 1. The summed E-state index contributed by atoms with van der Waals surface area (Å²) in [6.07, 6.45) is 2.01. The first-order valence-corrected chi connectivity index (χ1v) is 5.55. The van der Waals surface area contributed by atoms with E-state index < -0.39 is 5.60 Å². The second-order valence-corrected chi connectivity index (χ2v) is 4.21. The molecule has 17 heavy (non-hydrogen) atoms. The third-order valence-corrected chi connectivity index (χ3v) is 2.97. The maximum absolute atomic E-state index is 12.0. The van der Waals surface area contributed by atoms with Crippen LogP contribution in [0.15, 0.2) is 6.20 Å². The lowest BCUT2D eigenvalue weighted by Gasteiger charge is -2.24. The van der Waals surface area contributed by atoms with E-state index in [0.29, 0.717) is 17.8 Å². The smallest absolute Gasteiger partial charge is 0.257 e. The average Bonchev–Trinajstić information content (AvgIpc) is 2.76. The molecule has 1 rings (SSSR count). The van der Waals surface area contributed by atoms with Crippen LogP contribution < -0.4 is 11.1 Å². The number of hydrogen-bond donors (Lipinski definition) is 3. The predicted octanol–water partition coefficient (Wildman–Crippen LogP) is 0.797. The van der Waals surface area contributed by atoms with Crippen LogP contribution >= 0.6 is 12.2 Å². The van der Waals surface area contributed by atoms with E-state index >= 15 is 0 Å². The summed E-state index contributed by atoms with van der Waals surface area (Å²) in [4.78, 5) is 12.2. The lowest BCUT2D eigenvalue weighted by atomic mass is 10.0. The van der Waals surface area contributed by atoms with Crippen LogP contribution in [0.5, 0.6) is 0 Å². The van der Waals surface area contributed by atoms with Gasteiger partial charge in [-0.2, -0.15) is 5.10 Å². The molecular formula is C10H16N4O2S. The molecule has 0 bridgehead atoms. The fourth-order valence-electron chi connectivity index (χ4n) is 1.21. The number of hydrogen-bond acceptors (Lipinski definition) is 4. The predicted molar refractivity (Wildman–Crippen MR) is 68.8 cm³/mol. The van der Waals surface area contributed by atoms with Crippen LogP contribution in [0, 0.1) is 0 Å². The Morgan fingerprint density at radius 3 is 2.88 bits per heavy atom. The highest BCUT2D eigenvalue weighted by Crippen LogP contribution is 2.18. The standard InChI is InChI=1S/C10H16N4O2S/c1-4-10(2,16-3)9(15)13-8-6(7(11)17)5-12-14-8/h5H,4H2,1-3H3,(H2,11,17)(H2,12,13,14,15). The zero-order valence-corrected chi connectivity index (χ0v) is 10.9. The number of rotatable bonds is 5. The average molecular weight is 256 g/mol. The van der Waals surface area contributed by atoms with Gasteiger partial charge in [0.2, 0.25) is 0 Å². The molecule has 1 amide bonds. The normalized spacial score (nSPS) is 14.1. The monoisotopic (exact) mass is 256 g/mol. The van der Waals surface area contributed by atoms with E-state index in [1.807, 2.05) is 6.92 Å². The number of nitrogens with one attached hydrogen (secondary N) is 2. The summed E-state index contributed by atoms with van der Waals surface area (Å²) in [6, 6.07) is 0. The maximum Gasteiger partial charge on any atom is 0.257 e. The Labute approximate surface area is 105 Å². The molecule has 0 saturated carbocycles. The zero-order chi connectivity index (χ0) is 13.1. The minimum atomic E-state index is -0.890. The number of anilines is 1. The number of methoxy groups -OCH3 is 1. The van der Waals surface area contributed by atoms with E-state index in [1.54, 1.807) is 6.92 Å². The first-order valence-electron chi connectivity index (χ1n) is 5.14. The summed E-state index contributed by atoms with van der Waals surface area (Å²) in [7, 11) is 1.49. The van der Waals surface area contributed by atoms with E-state index in [0.717, 1.165) is 0 Å². The van der Waals surface area contributed by atoms with Crippen molar-refractivity contribution >= 4 is 28.9 Å². The van der Waals surface area contributed by atoms with Crippen molar-refractivity contribution in [1.82, 2.24) is 10.2 Å². The molecule has 0 fully saturated rings. The number of ether oxygens (including phenoxy) is 1. The molecule has 1 aromatic rings. The molecule has 0 saturated heterocycles. The van der Waals surface area contributed by atoms with Gasteiger partial charge in [0, 0.05) is 7.11 Å². The molecule has 0 spiro atoms. The van der Waals surface area contributed by atoms with Crippen LogP contribution in [-0.2, 0) is 9.53 Å². The van der Waals surface area contributed by atoms with Crippen molar-refractivity contribution in [3.8, 4) is 0 Å². The molecule has 1 heterocycles. The Balaban J connectivity index is 2.88. The van der Waals surface area contributed by atoms with Crippen LogP contribution in [0.3, 0.4) is 0 Å². The molecule has 1 aromatic heterocycles. The third-order valence-electron chi connectivity index (χ3n) is 2.75. The Bertz CT molecular complexity index is 426. The van der Waals surface area contributed by atoms with Crippen molar-refractivity contribution in [2.24, 2.45) is 5.73 Å². The van der Waals surface area contributed by atoms with E-state index in [4.69, 9.17) is 22.7 Å². The fraction of sp³-hybridized carbons (Fsp3) is 0.500. The van der Waals surface area contributed by atoms with Gasteiger partial charge in [-0.1, -0.05) is 19.1 Å². The van der Waals surface area contributed by atoms with Crippen LogP contribution in [-0.4, -0.2) is 33.8 Å². The molecule has 0 radical (unpaired) electrons. The zero-order valence-electron chi connectivity index (χ0n) is 10.0. The Morgan fingerprint density at radius 2 is 2.41 bits per heavy atom. The van der Waals surface area contributed by atoms with Gasteiger partial charge in [0.05, 0.1) is 11.8 Å². The van der Waals surface area contributed by atoms with Crippen LogP contribution in [0.25, 0.3) is 0 Å². The highest BCUT2D eigenvalue weighted by atomic mass is 32.1. The number of aromatic amines is 1. The van der Waals surface area contributed by atoms with E-state index in [9.17, 15) is 4.79 Å². The van der Waals surface area contributed by atoms with Gasteiger partial charge < -0.3 is 15.8 Å². The second kappa shape index (κ2) is 5.24. The number of amides is 1. The van der Waals surface area contributed by atoms with E-state index in [2.05, 4.69) is 15.5 Å². The van der Waals surface area contributed by atoms with Crippen molar-refractivity contribution in [2.75, 3.05) is 12.4 Å². The van der Waals surface area contributed by atoms with Crippen LogP contribution in [0.1, 0.15) is 25.8 Å². The largest absolute Gasteiger partial charge is 0.389 e. The quantitative estimate of drug-likeness (QED) is 0.677. The van der Waals surface area contributed by atoms with Gasteiger partial charge in [0.25, 0.3) is 5.91 Å². The molecule has 1 unspecified atom stereocenters. The molecular weight excluding hydrogens is 240 g/mol. The van der Waals surface area contributed by atoms with Gasteiger partial charge in [0.1, 0.15) is 16.4 Å². The number of carbonyl (C=O) groups excluding carboxylic acids is 1. The number of aromatic nitrogens is 2. The van der Waals surface area contributed by atoms with Crippen molar-refractivity contribution < 1.29 is 9.53 Å². The van der Waals surface area contributed by atoms with Gasteiger partial charge in [0.15, 0.2) is 0 Å². The molecule has 0 aliphatic heterocycles. The molecule has 0 aliphatic rings. The van der Waals surface area contributed by atoms with E-state index in [-0.39, 0.29) is 10.9 Å². The number of H-pyrrole nitrogens is 1. The number of thiocarbonyl (C=S) groups is 1. The molecule has 6 nitrogen and oxygen atoms in total. The van der Waals surface area contributed by atoms with Crippen molar-refractivity contribution in [3.63, 3.8) is 0 Å². The van der Waals surface area contributed by atoms with Gasteiger partial charge >= 0.3 is 0 Å². The fourth-order valence-corrected chi connectivity index (χ4v) is 1.37. The molecule has 94 valence electrons. The van der Waals surface area contributed by atoms with Crippen LogP contribution in [0.4, 0.5) is 5.82 Å². The minimum Gasteiger partial charge on any atom is -0.389 e.